The molecule has 0 bridgehead atoms. The zero-order chi connectivity index (χ0) is 21.2. The molecule has 0 saturated carbocycles. The molecule has 1 aliphatic heterocycles. The van der Waals surface area contributed by atoms with E-state index in [4.69, 9.17) is 4.98 Å². The number of aromatic nitrogens is 3. The number of likely N-dealkylation sites (tertiary alicyclic amines) is 1. The van der Waals surface area contributed by atoms with Gasteiger partial charge >= 0.3 is 0 Å². The van der Waals surface area contributed by atoms with Gasteiger partial charge in [0.1, 0.15) is 11.3 Å². The quantitative estimate of drug-likeness (QED) is 0.498. The minimum Gasteiger partial charge on any atom is -0.375 e. The van der Waals surface area contributed by atoms with Crippen molar-refractivity contribution in [2.45, 2.75) is 13.0 Å². The molecular formula is C26H27N5. The Labute approximate surface area is 183 Å². The van der Waals surface area contributed by atoms with Crippen LogP contribution in [0.3, 0.4) is 0 Å². The molecule has 31 heavy (non-hydrogen) atoms. The third kappa shape index (κ3) is 3.79. The maximum atomic E-state index is 4.95. The van der Waals surface area contributed by atoms with Crippen molar-refractivity contribution in [3.05, 3.63) is 85.5 Å². The van der Waals surface area contributed by atoms with Gasteiger partial charge in [-0.05, 0) is 29.5 Å². The molecule has 0 spiro atoms. The zero-order valence-electron chi connectivity index (χ0n) is 17.8. The molecule has 4 aromatic rings. The summed E-state index contributed by atoms with van der Waals surface area (Å²) in [5, 5.41) is 3.18. The van der Waals surface area contributed by atoms with E-state index >= 15 is 0 Å². The first-order valence-electron chi connectivity index (χ1n) is 10.8. The van der Waals surface area contributed by atoms with Crippen LogP contribution in [0.15, 0.2) is 85.5 Å². The van der Waals surface area contributed by atoms with Gasteiger partial charge in [-0.15, -0.1) is 0 Å². The van der Waals surface area contributed by atoms with E-state index in [0.29, 0.717) is 5.92 Å². The van der Waals surface area contributed by atoms with Crippen molar-refractivity contribution < 1.29 is 0 Å². The third-order valence-electron chi connectivity index (χ3n) is 6.20. The number of rotatable bonds is 6. The molecule has 5 nitrogen and oxygen atoms in total. The van der Waals surface area contributed by atoms with Crippen molar-refractivity contribution in [3.8, 4) is 22.5 Å². The highest BCUT2D eigenvalue weighted by atomic mass is 15.3. The molecule has 5 heteroatoms. The van der Waals surface area contributed by atoms with Crippen LogP contribution in [0.1, 0.15) is 6.42 Å². The maximum Gasteiger partial charge on any atom is 0.141 e. The molecule has 2 aromatic heterocycles. The normalized spacial score (nSPS) is 16.0. The smallest absolute Gasteiger partial charge is 0.141 e. The van der Waals surface area contributed by atoms with Gasteiger partial charge in [-0.3, -0.25) is 4.98 Å². The van der Waals surface area contributed by atoms with Crippen LogP contribution in [0, 0.1) is 5.92 Å². The Balaban J connectivity index is 1.47. The van der Waals surface area contributed by atoms with Crippen molar-refractivity contribution in [2.24, 2.45) is 5.92 Å². The lowest BCUT2D eigenvalue weighted by Crippen LogP contribution is -2.27. The lowest BCUT2D eigenvalue weighted by Gasteiger charge is -2.21. The molecular weight excluding hydrogens is 382 g/mol. The number of pyridine rings is 1. The van der Waals surface area contributed by atoms with Gasteiger partial charge in [-0.25, -0.2) is 4.98 Å². The summed E-state index contributed by atoms with van der Waals surface area (Å²) in [6, 6.07) is 21.3. The molecule has 1 saturated heterocycles. The topological polar surface area (TPSA) is 46.0 Å². The Morgan fingerprint density at radius 1 is 1.03 bits per heavy atom. The van der Waals surface area contributed by atoms with Gasteiger partial charge in [-0.2, -0.15) is 0 Å². The van der Waals surface area contributed by atoms with Crippen LogP contribution in [0.4, 0.5) is 0 Å². The molecule has 2 aromatic carbocycles. The highest BCUT2D eigenvalue weighted by Gasteiger charge is 2.25. The van der Waals surface area contributed by atoms with E-state index in [0.717, 1.165) is 54.3 Å². The predicted molar refractivity (Wildman–Crippen MR) is 126 cm³/mol. The van der Waals surface area contributed by atoms with Gasteiger partial charge in [0, 0.05) is 38.4 Å². The Morgan fingerprint density at radius 2 is 1.77 bits per heavy atom. The number of fused-ring (bicyclic) bond motifs is 1. The average Bonchev–Trinajstić information content (AvgIpc) is 3.45. The first kappa shape index (κ1) is 19.4. The van der Waals surface area contributed by atoms with Crippen molar-refractivity contribution in [1.29, 1.82) is 0 Å². The summed E-state index contributed by atoms with van der Waals surface area (Å²) >= 11 is 0. The van der Waals surface area contributed by atoms with Crippen LogP contribution < -0.4 is 5.32 Å². The lowest BCUT2D eigenvalue weighted by atomic mass is 10.0. The molecule has 0 aliphatic carbocycles. The number of nitrogens with one attached hydrogen (secondary N) is 1. The van der Waals surface area contributed by atoms with Crippen LogP contribution in [0.5, 0.6) is 0 Å². The number of benzene rings is 2. The van der Waals surface area contributed by atoms with E-state index in [2.05, 4.69) is 80.9 Å². The van der Waals surface area contributed by atoms with Crippen LogP contribution in [-0.2, 0) is 6.54 Å². The van der Waals surface area contributed by atoms with Crippen LogP contribution in [0.25, 0.3) is 33.5 Å². The van der Waals surface area contributed by atoms with E-state index in [1.165, 1.54) is 11.1 Å². The standard InChI is InChI=1S/C26H27N5/c1-19(27-2)30-15-13-20(17-30)18-31-25-12-14-28-16-24(25)29-26(31)23-10-8-22(9-11-23)21-6-4-3-5-7-21/h3-12,14,16,20,27H,1,13,15,17-18H2,2H3/t20-/m1/s1. The average molecular weight is 410 g/mol. The van der Waals surface area contributed by atoms with Gasteiger partial charge < -0.3 is 14.8 Å². The SMILES string of the molecule is C=C(NC)N1CC[C@@H](Cn2c(-c3ccc(-c4ccccc4)cc3)nc3cnccc32)C1. The molecule has 0 unspecified atom stereocenters. The van der Waals surface area contributed by atoms with Crippen molar-refractivity contribution in [2.75, 3.05) is 20.1 Å². The number of hydrogen-bond donors (Lipinski definition) is 1. The molecule has 156 valence electrons. The molecule has 5 rings (SSSR count). The van der Waals surface area contributed by atoms with Gasteiger partial charge in [0.15, 0.2) is 0 Å². The summed E-state index contributed by atoms with van der Waals surface area (Å²) in [4.78, 5) is 11.6. The fourth-order valence-electron chi connectivity index (χ4n) is 4.47. The Kier molecular flexibility index (Phi) is 5.16. The molecule has 1 fully saturated rings. The second-order valence-corrected chi connectivity index (χ2v) is 8.15. The van der Waals surface area contributed by atoms with E-state index in [-0.39, 0.29) is 0 Å². The monoisotopic (exact) mass is 409 g/mol. The molecule has 3 heterocycles. The van der Waals surface area contributed by atoms with Crippen molar-refractivity contribution in [1.82, 2.24) is 24.8 Å². The largest absolute Gasteiger partial charge is 0.375 e. The number of nitrogens with zero attached hydrogens (tertiary/aromatic N) is 4. The fraction of sp³-hybridized carbons (Fsp3) is 0.231. The van der Waals surface area contributed by atoms with Gasteiger partial charge in [0.2, 0.25) is 0 Å². The second kappa shape index (κ2) is 8.26. The summed E-state index contributed by atoms with van der Waals surface area (Å²) in [7, 11) is 1.93. The van der Waals surface area contributed by atoms with E-state index in [9.17, 15) is 0 Å². The Morgan fingerprint density at radius 3 is 2.55 bits per heavy atom. The molecule has 1 aliphatic rings. The number of imidazole rings is 1. The summed E-state index contributed by atoms with van der Waals surface area (Å²) < 4.78 is 2.37. The predicted octanol–water partition coefficient (Wildman–Crippen LogP) is 4.78. The van der Waals surface area contributed by atoms with Gasteiger partial charge in [0.05, 0.1) is 17.5 Å². The van der Waals surface area contributed by atoms with Crippen molar-refractivity contribution in [3.63, 3.8) is 0 Å². The lowest BCUT2D eigenvalue weighted by molar-refractivity contribution is 0.370. The van der Waals surface area contributed by atoms with Crippen LogP contribution in [-0.4, -0.2) is 39.6 Å². The number of hydrogen-bond acceptors (Lipinski definition) is 4. The first-order valence-corrected chi connectivity index (χ1v) is 10.8. The van der Waals surface area contributed by atoms with E-state index in [1.807, 2.05) is 25.5 Å². The molecule has 0 radical (unpaired) electrons. The maximum absolute atomic E-state index is 4.95. The highest BCUT2D eigenvalue weighted by Crippen LogP contribution is 2.30. The van der Waals surface area contributed by atoms with E-state index in [1.54, 1.807) is 0 Å². The molecule has 0 amide bonds. The van der Waals surface area contributed by atoms with Crippen LogP contribution >= 0.6 is 0 Å². The van der Waals surface area contributed by atoms with Crippen LogP contribution in [0.2, 0.25) is 0 Å². The molecule has 1 N–H and O–H groups in total. The first-order chi connectivity index (χ1) is 15.2. The second-order valence-electron chi connectivity index (χ2n) is 8.15. The Hall–Kier alpha value is -3.60. The summed E-state index contributed by atoms with van der Waals surface area (Å²) in [6.45, 7) is 7.11. The summed E-state index contributed by atoms with van der Waals surface area (Å²) in [6.07, 6.45) is 4.86. The summed E-state index contributed by atoms with van der Waals surface area (Å²) in [5.41, 5.74) is 5.65. The highest BCUT2D eigenvalue weighted by molar-refractivity contribution is 5.80. The minimum atomic E-state index is 0.554. The van der Waals surface area contributed by atoms with Crippen molar-refractivity contribution >= 4 is 11.0 Å². The fourth-order valence-corrected chi connectivity index (χ4v) is 4.47. The Bertz CT molecular complexity index is 1190. The molecule has 1 atom stereocenters. The third-order valence-corrected chi connectivity index (χ3v) is 6.20. The van der Waals surface area contributed by atoms with Gasteiger partial charge in [-0.1, -0.05) is 61.2 Å². The van der Waals surface area contributed by atoms with Gasteiger partial charge in [0.25, 0.3) is 0 Å². The zero-order valence-corrected chi connectivity index (χ0v) is 17.8. The van der Waals surface area contributed by atoms with E-state index < -0.39 is 0 Å². The minimum absolute atomic E-state index is 0.554. The summed E-state index contributed by atoms with van der Waals surface area (Å²) in [5.74, 6) is 2.56.